The molecule has 1 saturated carbocycles. The lowest BCUT2D eigenvalue weighted by molar-refractivity contribution is -0.138. The molecular formula is C55H79Br3Cl3F4N13O3. The first kappa shape index (κ1) is 71.6. The van der Waals surface area contributed by atoms with Crippen LogP contribution in [0, 0.1) is 41.0 Å². The van der Waals surface area contributed by atoms with Gasteiger partial charge < -0.3 is 44.9 Å². The van der Waals surface area contributed by atoms with Crippen molar-refractivity contribution in [3.05, 3.63) is 97.4 Å². The molecule has 6 aliphatic rings. The highest BCUT2D eigenvalue weighted by atomic mass is 79.9. The fourth-order valence-electron chi connectivity index (χ4n) is 10.2. The van der Waals surface area contributed by atoms with Gasteiger partial charge in [0, 0.05) is 146 Å². The van der Waals surface area contributed by atoms with Crippen molar-refractivity contribution in [2.45, 2.75) is 65.2 Å². The molecule has 0 radical (unpaired) electrons. The first-order valence-electron chi connectivity index (χ1n) is 26.7. The lowest BCUT2D eigenvalue weighted by Crippen LogP contribution is -2.50. The van der Waals surface area contributed by atoms with E-state index in [2.05, 4.69) is 108 Å². The molecule has 26 heteroatoms. The number of rotatable bonds is 5. The zero-order valence-electron chi connectivity index (χ0n) is 45.6. The van der Waals surface area contributed by atoms with E-state index in [0.717, 1.165) is 129 Å². The second-order valence-corrected chi connectivity index (χ2v) is 23.5. The lowest BCUT2D eigenvalue weighted by atomic mass is 9.88. The molecule has 6 fully saturated rings. The third kappa shape index (κ3) is 22.0. The van der Waals surface area contributed by atoms with Gasteiger partial charge in [0.2, 0.25) is 17.7 Å². The number of nitrogens with zero attached hydrogens (tertiary/aromatic N) is 12. The average Bonchev–Trinajstić information content (AvgIpc) is 3.47. The second kappa shape index (κ2) is 36.2. The zero-order chi connectivity index (χ0) is 56.3. The predicted octanol–water partition coefficient (Wildman–Crippen LogP) is 10.2. The first-order valence-corrected chi connectivity index (χ1v) is 29.5. The number of carbonyl (C=O) groups excluding carboxylic acids is 3. The Kier molecular flexibility index (Phi) is 32.0. The Morgan fingerprint density at radius 2 is 0.840 bits per heavy atom. The minimum absolute atomic E-state index is 0. The van der Waals surface area contributed by atoms with E-state index in [0.29, 0.717) is 68.5 Å². The minimum atomic E-state index is -0.508. The third-order valence-electron chi connectivity index (χ3n) is 14.9. The van der Waals surface area contributed by atoms with Crippen LogP contribution in [0.3, 0.4) is 0 Å². The molecule has 452 valence electrons. The van der Waals surface area contributed by atoms with Crippen molar-refractivity contribution in [2.24, 2.45) is 17.8 Å². The maximum atomic E-state index is 14.0. The Hall–Kier alpha value is -3.68. The number of carbonyl (C=O) groups is 3. The Bertz CT molecular complexity index is 2370. The average molecular weight is 1390 g/mol. The predicted molar refractivity (Wildman–Crippen MR) is 329 cm³/mol. The van der Waals surface area contributed by atoms with Crippen LogP contribution in [0.1, 0.15) is 65.2 Å². The number of nitrogen functional groups attached to an aromatic ring is 1. The number of halogens is 10. The number of piperazine rings is 3. The molecule has 0 aromatic carbocycles. The largest absolute Gasteiger partial charge is 0.396 e. The zero-order valence-corrected chi connectivity index (χ0v) is 52.8. The van der Waals surface area contributed by atoms with Gasteiger partial charge in [-0.05, 0) is 114 Å². The number of aromatic nitrogens is 4. The van der Waals surface area contributed by atoms with Crippen LogP contribution in [-0.2, 0) is 14.4 Å². The Morgan fingerprint density at radius 1 is 0.481 bits per heavy atom. The summed E-state index contributed by atoms with van der Waals surface area (Å²) < 4.78 is 54.2. The summed E-state index contributed by atoms with van der Waals surface area (Å²) in [6.45, 7) is 13.7. The number of hydrogen-bond acceptors (Lipinski definition) is 13. The van der Waals surface area contributed by atoms with Gasteiger partial charge in [0.05, 0.1) is 62.0 Å². The molecular weight excluding hydrogens is 1310 g/mol. The minimum Gasteiger partial charge on any atom is -0.396 e. The van der Waals surface area contributed by atoms with Crippen molar-refractivity contribution < 1.29 is 31.9 Å². The maximum absolute atomic E-state index is 14.0. The highest BCUT2D eigenvalue weighted by Crippen LogP contribution is 2.34. The number of anilines is 3. The molecule has 0 unspecified atom stereocenters. The van der Waals surface area contributed by atoms with Crippen LogP contribution in [0.5, 0.6) is 0 Å². The maximum Gasteiger partial charge on any atom is 0.225 e. The van der Waals surface area contributed by atoms with Gasteiger partial charge in [-0.1, -0.05) is 38.3 Å². The van der Waals surface area contributed by atoms with Crippen molar-refractivity contribution >= 4 is 119 Å². The van der Waals surface area contributed by atoms with Crippen LogP contribution in [0.2, 0.25) is 5.02 Å². The fourth-order valence-corrected chi connectivity index (χ4v) is 11.5. The van der Waals surface area contributed by atoms with Gasteiger partial charge in [0.1, 0.15) is 5.82 Å². The van der Waals surface area contributed by atoms with Crippen molar-refractivity contribution in [1.82, 2.24) is 49.3 Å². The van der Waals surface area contributed by atoms with E-state index in [4.69, 9.17) is 17.3 Å². The molecule has 0 spiro atoms. The normalized spacial score (nSPS) is 18.5. The van der Waals surface area contributed by atoms with Gasteiger partial charge in [-0.3, -0.25) is 34.3 Å². The van der Waals surface area contributed by atoms with E-state index in [1.165, 1.54) is 56.3 Å². The fraction of sp³-hybridized carbons (Fsp3) is 0.582. The molecule has 16 nitrogen and oxygen atoms in total. The van der Waals surface area contributed by atoms with E-state index in [1.54, 1.807) is 6.20 Å². The molecule has 5 saturated heterocycles. The van der Waals surface area contributed by atoms with Crippen LogP contribution in [-0.4, -0.2) is 193 Å². The number of amides is 3. The Labute approximate surface area is 518 Å². The van der Waals surface area contributed by atoms with Gasteiger partial charge in [0.15, 0.2) is 17.5 Å². The topological polar surface area (TPSA) is 155 Å². The molecule has 4 aromatic heterocycles. The molecule has 10 rings (SSSR count). The van der Waals surface area contributed by atoms with Gasteiger partial charge in [-0.15, -0.1) is 24.8 Å². The summed E-state index contributed by atoms with van der Waals surface area (Å²) in [7, 11) is 6.29. The van der Waals surface area contributed by atoms with Crippen LogP contribution in [0.15, 0.2) is 69.1 Å². The summed E-state index contributed by atoms with van der Waals surface area (Å²) in [5.41, 5.74) is 7.19. The van der Waals surface area contributed by atoms with Gasteiger partial charge in [-0.25, -0.2) is 17.6 Å². The summed E-state index contributed by atoms with van der Waals surface area (Å²) in [4.78, 5) is 68.9. The van der Waals surface area contributed by atoms with Crippen molar-refractivity contribution in [3.8, 4) is 0 Å². The summed E-state index contributed by atoms with van der Waals surface area (Å²) >= 11 is 14.9. The van der Waals surface area contributed by atoms with Crippen LogP contribution >= 0.6 is 84.2 Å². The van der Waals surface area contributed by atoms with Crippen LogP contribution in [0.25, 0.3) is 0 Å². The molecule has 0 bridgehead atoms. The molecule has 81 heavy (non-hydrogen) atoms. The monoisotopic (exact) mass is 1390 g/mol. The lowest BCUT2D eigenvalue weighted by Gasteiger charge is -2.38. The third-order valence-corrected chi connectivity index (χ3v) is 17.1. The Balaban J connectivity index is 0.000000278. The summed E-state index contributed by atoms with van der Waals surface area (Å²) in [6, 6.07) is 1.35. The highest BCUT2D eigenvalue weighted by molar-refractivity contribution is 9.11. The number of hydrogen-bond donors (Lipinski definition) is 1. The molecule has 0 atom stereocenters. The molecule has 4 aromatic rings. The number of piperidine rings is 2. The van der Waals surface area contributed by atoms with E-state index < -0.39 is 11.6 Å². The van der Waals surface area contributed by atoms with Gasteiger partial charge >= 0.3 is 0 Å². The second-order valence-electron chi connectivity index (χ2n) is 20.5. The van der Waals surface area contributed by atoms with E-state index >= 15 is 0 Å². The van der Waals surface area contributed by atoms with E-state index in [1.807, 2.05) is 19.6 Å². The van der Waals surface area contributed by atoms with Crippen molar-refractivity contribution in [2.75, 3.05) is 141 Å². The Morgan fingerprint density at radius 3 is 1.20 bits per heavy atom. The number of likely N-dealkylation sites (N-methyl/N-ethyl adjacent to an activating group) is 3. The van der Waals surface area contributed by atoms with Crippen molar-refractivity contribution in [3.63, 3.8) is 0 Å². The SMILES string of the molecule is C.CN1CCN(C(=O)C2CCCCC2)CC1.CN1CCN(C(=O)C2CCN(c3c(F)cncc3Br)CC2)CC1.CN1CCN(C(=O)C2CCN(c3c(N)cncc3F)CC2)CC1.Cl.Cl.Fc1cncc(Br)c1.Fc1cncc(Br)c1Cl. The highest BCUT2D eigenvalue weighted by Gasteiger charge is 2.33. The summed E-state index contributed by atoms with van der Waals surface area (Å²) in [5.74, 6) is -0.125. The standard InChI is InChI=1S/C16H22BrFN4O.C16H24FN5O.C12H22N2O.C5H2BrClFN.C5H3BrFN.CH4.2ClH/c2*1-20-6-8-22(9-7-20)16(23)12-2-4-21(5-3-12)15-13(17)10-19-11-14(15)18;1-13-7-9-14(10-8-13)12(15)11-5-3-2-4-6-11;6-3-1-9-2-4(8)5(3)7;6-4-1-5(7)3-8-2-4;;;/h10-12H,2-9H2,1H3;10-12H,2-9,18H2,1H3;11H,2-10H2,1H3;1-2H;1-3H;1H4;2*1H. The van der Waals surface area contributed by atoms with E-state index in [-0.39, 0.29) is 72.5 Å². The first-order chi connectivity index (χ1) is 37.4. The molecule has 2 N–H and O–H groups in total. The van der Waals surface area contributed by atoms with Gasteiger partial charge in [-0.2, -0.15) is 0 Å². The smallest absolute Gasteiger partial charge is 0.225 e. The van der Waals surface area contributed by atoms with E-state index in [9.17, 15) is 31.9 Å². The quantitative estimate of drug-likeness (QED) is 0.189. The summed E-state index contributed by atoms with van der Waals surface area (Å²) in [6.07, 6.45) is 19.8. The molecule has 9 heterocycles. The van der Waals surface area contributed by atoms with Crippen molar-refractivity contribution in [1.29, 1.82) is 0 Å². The number of pyridine rings is 4. The summed E-state index contributed by atoms with van der Waals surface area (Å²) in [5, 5.41) is 0.0741. The molecule has 3 amide bonds. The molecule has 1 aliphatic carbocycles. The molecule has 5 aliphatic heterocycles. The van der Waals surface area contributed by atoms with Crippen LogP contribution < -0.4 is 15.5 Å². The van der Waals surface area contributed by atoms with Crippen LogP contribution in [0.4, 0.5) is 34.6 Å². The number of nitrogens with two attached hydrogens (primary N) is 1. The van der Waals surface area contributed by atoms with Gasteiger partial charge in [0.25, 0.3) is 0 Å².